The number of rotatable bonds is 4. The monoisotopic (exact) mass is 208 g/mol. The molecule has 0 atom stereocenters. The Hall–Kier alpha value is -1.54. The van der Waals surface area contributed by atoms with Crippen LogP contribution >= 0.6 is 11.8 Å². The Bertz CT molecular complexity index is 373. The first-order valence-electron chi connectivity index (χ1n) is 3.92. The molecule has 1 N–H and O–H groups in total. The zero-order chi connectivity index (χ0) is 10.4. The van der Waals surface area contributed by atoms with Gasteiger partial charge in [-0.2, -0.15) is 5.26 Å². The predicted molar refractivity (Wildman–Crippen MR) is 51.9 cm³/mol. The molecule has 0 unspecified atom stereocenters. The second-order valence-electron chi connectivity index (χ2n) is 2.48. The Morgan fingerprint density at radius 2 is 2.50 bits per heavy atom. The summed E-state index contributed by atoms with van der Waals surface area (Å²) >= 11 is 1.33. The molecule has 72 valence electrons. The van der Waals surface area contributed by atoms with Gasteiger partial charge in [-0.3, -0.25) is 9.78 Å². The first kappa shape index (κ1) is 10.5. The Kier molecular flexibility index (Phi) is 3.95. The van der Waals surface area contributed by atoms with Crippen molar-refractivity contribution in [3.8, 4) is 6.07 Å². The molecule has 0 amide bonds. The van der Waals surface area contributed by atoms with Crippen molar-refractivity contribution in [3.63, 3.8) is 0 Å². The maximum atomic E-state index is 10.3. The van der Waals surface area contributed by atoms with E-state index < -0.39 is 5.97 Å². The third kappa shape index (κ3) is 3.07. The lowest BCUT2D eigenvalue weighted by Crippen LogP contribution is -1.96. The highest BCUT2D eigenvalue weighted by atomic mass is 32.2. The summed E-state index contributed by atoms with van der Waals surface area (Å²) < 4.78 is 0. The van der Waals surface area contributed by atoms with E-state index in [0.29, 0.717) is 11.3 Å². The highest BCUT2D eigenvalue weighted by Crippen LogP contribution is 2.21. The second kappa shape index (κ2) is 5.25. The molecule has 0 aliphatic carbocycles. The minimum absolute atomic E-state index is 0.0877. The van der Waals surface area contributed by atoms with Crippen molar-refractivity contribution in [3.05, 3.63) is 24.0 Å². The van der Waals surface area contributed by atoms with Crippen LogP contribution in [0.5, 0.6) is 0 Å². The fourth-order valence-corrected chi connectivity index (χ4v) is 1.74. The lowest BCUT2D eigenvalue weighted by atomic mass is 10.3. The van der Waals surface area contributed by atoms with Gasteiger partial charge in [0.05, 0.1) is 12.0 Å². The summed E-state index contributed by atoms with van der Waals surface area (Å²) in [5.41, 5.74) is 0.537. The molecule has 1 heterocycles. The lowest BCUT2D eigenvalue weighted by molar-refractivity contribution is -0.136. The van der Waals surface area contributed by atoms with Gasteiger partial charge in [0.1, 0.15) is 6.07 Å². The van der Waals surface area contributed by atoms with Crippen LogP contribution in [-0.4, -0.2) is 21.8 Å². The van der Waals surface area contributed by atoms with Crippen LogP contribution in [0.4, 0.5) is 0 Å². The fourth-order valence-electron chi connectivity index (χ4n) is 0.836. The van der Waals surface area contributed by atoms with Gasteiger partial charge >= 0.3 is 5.97 Å². The van der Waals surface area contributed by atoms with E-state index in [1.165, 1.54) is 11.8 Å². The molecule has 4 nitrogen and oxygen atoms in total. The SMILES string of the molecule is N#Cc1ccncc1SCCC(=O)O. The van der Waals surface area contributed by atoms with Gasteiger partial charge < -0.3 is 5.11 Å². The zero-order valence-electron chi connectivity index (χ0n) is 7.30. The van der Waals surface area contributed by atoms with Gasteiger partial charge in [-0.15, -0.1) is 11.8 Å². The molecule has 14 heavy (non-hydrogen) atoms. The van der Waals surface area contributed by atoms with E-state index in [-0.39, 0.29) is 6.42 Å². The molecule has 0 saturated heterocycles. The molecule has 1 aromatic heterocycles. The van der Waals surface area contributed by atoms with Gasteiger partial charge in [0.25, 0.3) is 0 Å². The number of nitriles is 1. The van der Waals surface area contributed by atoms with Gasteiger partial charge in [-0.05, 0) is 6.07 Å². The number of thioether (sulfide) groups is 1. The average molecular weight is 208 g/mol. The molecule has 1 rings (SSSR count). The summed E-state index contributed by atoms with van der Waals surface area (Å²) in [4.78, 5) is 14.9. The Morgan fingerprint density at radius 1 is 1.71 bits per heavy atom. The maximum Gasteiger partial charge on any atom is 0.304 e. The van der Waals surface area contributed by atoms with Crippen LogP contribution in [-0.2, 0) is 4.79 Å². The maximum absolute atomic E-state index is 10.3. The largest absolute Gasteiger partial charge is 0.481 e. The number of hydrogen-bond acceptors (Lipinski definition) is 4. The molecule has 0 bridgehead atoms. The third-order valence-corrected chi connectivity index (χ3v) is 2.52. The number of hydrogen-bond donors (Lipinski definition) is 1. The van der Waals surface area contributed by atoms with E-state index >= 15 is 0 Å². The Balaban J connectivity index is 2.59. The van der Waals surface area contributed by atoms with Crippen molar-refractivity contribution in [1.29, 1.82) is 5.26 Å². The highest BCUT2D eigenvalue weighted by Gasteiger charge is 2.03. The van der Waals surface area contributed by atoms with Crippen molar-refractivity contribution in [2.24, 2.45) is 0 Å². The van der Waals surface area contributed by atoms with E-state index in [1.807, 2.05) is 6.07 Å². The lowest BCUT2D eigenvalue weighted by Gasteiger charge is -2.00. The van der Waals surface area contributed by atoms with Gasteiger partial charge in [0.15, 0.2) is 0 Å². The predicted octanol–water partition coefficient (Wildman–Crippen LogP) is 1.52. The summed E-state index contributed by atoms with van der Waals surface area (Å²) in [5, 5.41) is 17.1. The van der Waals surface area contributed by atoms with E-state index in [9.17, 15) is 4.79 Å². The standard InChI is InChI=1S/C9H8N2O2S/c10-5-7-1-3-11-6-8(7)14-4-2-9(12)13/h1,3,6H,2,4H2,(H,12,13). The molecular weight excluding hydrogens is 200 g/mol. The first-order chi connectivity index (χ1) is 6.74. The number of nitrogens with zero attached hydrogens (tertiary/aromatic N) is 2. The topological polar surface area (TPSA) is 74.0 Å². The molecule has 1 aromatic rings. The normalized spacial score (nSPS) is 9.36. The molecular formula is C9H8N2O2S. The van der Waals surface area contributed by atoms with E-state index in [2.05, 4.69) is 4.98 Å². The van der Waals surface area contributed by atoms with Crippen molar-refractivity contribution in [1.82, 2.24) is 4.98 Å². The van der Waals surface area contributed by atoms with Crippen LogP contribution < -0.4 is 0 Å². The number of carbonyl (C=O) groups is 1. The smallest absolute Gasteiger partial charge is 0.304 e. The van der Waals surface area contributed by atoms with Gasteiger partial charge in [-0.1, -0.05) is 0 Å². The van der Waals surface area contributed by atoms with E-state index in [0.717, 1.165) is 4.90 Å². The van der Waals surface area contributed by atoms with Crippen molar-refractivity contribution >= 4 is 17.7 Å². The van der Waals surface area contributed by atoms with Gasteiger partial charge in [0, 0.05) is 23.0 Å². The van der Waals surface area contributed by atoms with Gasteiger partial charge in [-0.25, -0.2) is 0 Å². The highest BCUT2D eigenvalue weighted by molar-refractivity contribution is 7.99. The molecule has 0 saturated carbocycles. The molecule has 0 aliphatic heterocycles. The summed E-state index contributed by atoms with van der Waals surface area (Å²) in [6, 6.07) is 3.64. The Labute approximate surface area is 85.6 Å². The van der Waals surface area contributed by atoms with Crippen molar-refractivity contribution in [2.45, 2.75) is 11.3 Å². The number of aromatic nitrogens is 1. The summed E-state index contributed by atoms with van der Waals surface area (Å²) in [6.07, 6.45) is 3.20. The summed E-state index contributed by atoms with van der Waals surface area (Å²) in [7, 11) is 0. The number of pyridine rings is 1. The van der Waals surface area contributed by atoms with Crippen molar-refractivity contribution < 1.29 is 9.90 Å². The summed E-state index contributed by atoms with van der Waals surface area (Å²) in [5.74, 6) is -0.379. The van der Waals surface area contributed by atoms with E-state index in [4.69, 9.17) is 10.4 Å². The van der Waals surface area contributed by atoms with Crippen molar-refractivity contribution in [2.75, 3.05) is 5.75 Å². The van der Waals surface area contributed by atoms with Crippen LogP contribution in [0, 0.1) is 11.3 Å². The molecule has 5 heteroatoms. The molecule has 0 aliphatic rings. The third-order valence-electron chi connectivity index (χ3n) is 1.48. The number of aliphatic carboxylic acids is 1. The second-order valence-corrected chi connectivity index (χ2v) is 3.61. The Morgan fingerprint density at radius 3 is 3.14 bits per heavy atom. The van der Waals surface area contributed by atoms with Crippen LogP contribution in [0.3, 0.4) is 0 Å². The van der Waals surface area contributed by atoms with Crippen LogP contribution in [0.15, 0.2) is 23.4 Å². The minimum atomic E-state index is -0.833. The van der Waals surface area contributed by atoms with E-state index in [1.54, 1.807) is 18.5 Å². The zero-order valence-corrected chi connectivity index (χ0v) is 8.12. The van der Waals surface area contributed by atoms with Crippen LogP contribution in [0.2, 0.25) is 0 Å². The van der Waals surface area contributed by atoms with Gasteiger partial charge in [0.2, 0.25) is 0 Å². The quantitative estimate of drug-likeness (QED) is 0.759. The molecule has 0 fully saturated rings. The summed E-state index contributed by atoms with van der Waals surface area (Å²) in [6.45, 7) is 0. The molecule has 0 radical (unpaired) electrons. The molecule has 0 spiro atoms. The number of carboxylic acid groups (broad SMARTS) is 1. The van der Waals surface area contributed by atoms with Crippen LogP contribution in [0.1, 0.15) is 12.0 Å². The molecule has 0 aromatic carbocycles. The average Bonchev–Trinajstić information content (AvgIpc) is 2.18. The van der Waals surface area contributed by atoms with Crippen LogP contribution in [0.25, 0.3) is 0 Å². The minimum Gasteiger partial charge on any atom is -0.481 e. The number of carboxylic acids is 1. The first-order valence-corrected chi connectivity index (χ1v) is 4.91. The fraction of sp³-hybridized carbons (Fsp3) is 0.222.